The highest BCUT2D eigenvalue weighted by Crippen LogP contribution is 2.26. The third-order valence-electron chi connectivity index (χ3n) is 6.80. The number of benzene rings is 1. The molecule has 0 saturated carbocycles. The van der Waals surface area contributed by atoms with Crippen molar-refractivity contribution in [3.05, 3.63) is 60.2 Å². The number of aromatic nitrogens is 4. The van der Waals surface area contributed by atoms with E-state index in [0.29, 0.717) is 6.54 Å². The third kappa shape index (κ3) is 4.55. The molecule has 3 aromatic rings. The molecule has 2 aromatic heterocycles. The normalized spacial score (nSPS) is 19.1. The van der Waals surface area contributed by atoms with Crippen LogP contribution >= 0.6 is 0 Å². The maximum absolute atomic E-state index is 13.3. The van der Waals surface area contributed by atoms with Crippen LogP contribution in [0.2, 0.25) is 0 Å². The summed E-state index contributed by atoms with van der Waals surface area (Å²) in [6, 6.07) is 10.5. The average Bonchev–Trinajstić information content (AvgIpc) is 3.41. The molecule has 8 nitrogen and oxygen atoms in total. The minimum atomic E-state index is 0.0149. The topological polar surface area (TPSA) is 70.4 Å². The minimum absolute atomic E-state index is 0.0149. The van der Waals surface area contributed by atoms with Crippen LogP contribution in [-0.4, -0.2) is 69.8 Å². The Labute approximate surface area is 194 Å². The van der Waals surface area contributed by atoms with Crippen molar-refractivity contribution < 1.29 is 4.79 Å². The standard InChI is InChI=1S/C25H31N7O/c1-19-5-6-20(2)22(16-19)29-12-14-30(15-13-29)25(33)21-4-3-10-31(17-21)23-7-8-24(28-27-23)32-11-9-26-18-32/h5-9,11,16,18,21H,3-4,10,12-15,17H2,1-2H3/t21-/m1/s1. The van der Waals surface area contributed by atoms with Crippen molar-refractivity contribution in [2.24, 2.45) is 5.92 Å². The van der Waals surface area contributed by atoms with Crippen LogP contribution in [0.25, 0.3) is 5.82 Å². The zero-order valence-corrected chi connectivity index (χ0v) is 19.4. The van der Waals surface area contributed by atoms with Crippen LogP contribution in [0, 0.1) is 19.8 Å². The maximum Gasteiger partial charge on any atom is 0.227 e. The quantitative estimate of drug-likeness (QED) is 0.615. The second-order valence-electron chi connectivity index (χ2n) is 9.11. The van der Waals surface area contributed by atoms with Gasteiger partial charge >= 0.3 is 0 Å². The van der Waals surface area contributed by atoms with Gasteiger partial charge in [-0.15, -0.1) is 10.2 Å². The summed E-state index contributed by atoms with van der Waals surface area (Å²) in [6.45, 7) is 9.23. The Balaban J connectivity index is 1.19. The molecule has 0 N–H and O–H groups in total. The van der Waals surface area contributed by atoms with Crippen molar-refractivity contribution in [3.8, 4) is 5.82 Å². The molecular weight excluding hydrogens is 414 g/mol. The lowest BCUT2D eigenvalue weighted by Gasteiger charge is -2.40. The van der Waals surface area contributed by atoms with Crippen molar-refractivity contribution in [1.82, 2.24) is 24.6 Å². The van der Waals surface area contributed by atoms with Gasteiger partial charge in [0.05, 0.1) is 5.92 Å². The average molecular weight is 446 g/mol. The van der Waals surface area contributed by atoms with Gasteiger partial charge in [-0.1, -0.05) is 12.1 Å². The van der Waals surface area contributed by atoms with Crippen LogP contribution in [0.5, 0.6) is 0 Å². The van der Waals surface area contributed by atoms with E-state index in [1.165, 1.54) is 16.8 Å². The van der Waals surface area contributed by atoms with Crippen LogP contribution in [0.15, 0.2) is 49.1 Å². The van der Waals surface area contributed by atoms with Gasteiger partial charge in [0.15, 0.2) is 11.6 Å². The van der Waals surface area contributed by atoms with Gasteiger partial charge in [-0.3, -0.25) is 9.36 Å². The Morgan fingerprint density at radius 2 is 1.73 bits per heavy atom. The highest BCUT2D eigenvalue weighted by atomic mass is 16.2. The number of hydrogen-bond donors (Lipinski definition) is 0. The molecule has 4 heterocycles. The summed E-state index contributed by atoms with van der Waals surface area (Å²) in [7, 11) is 0. The number of rotatable bonds is 4. The number of piperazine rings is 1. The van der Waals surface area contributed by atoms with E-state index in [1.54, 1.807) is 12.5 Å². The van der Waals surface area contributed by atoms with E-state index in [-0.39, 0.29) is 11.8 Å². The summed E-state index contributed by atoms with van der Waals surface area (Å²) in [6.07, 6.45) is 7.20. The minimum Gasteiger partial charge on any atom is -0.368 e. The van der Waals surface area contributed by atoms with Gasteiger partial charge in [-0.2, -0.15) is 0 Å². The van der Waals surface area contributed by atoms with E-state index in [4.69, 9.17) is 0 Å². The fourth-order valence-corrected chi connectivity index (χ4v) is 4.89. The Kier molecular flexibility index (Phi) is 5.98. The molecule has 2 saturated heterocycles. The molecule has 0 spiro atoms. The summed E-state index contributed by atoms with van der Waals surface area (Å²) < 4.78 is 1.83. The highest BCUT2D eigenvalue weighted by Gasteiger charge is 2.32. The molecule has 2 fully saturated rings. The first-order valence-electron chi connectivity index (χ1n) is 11.8. The number of carbonyl (C=O) groups is 1. The predicted molar refractivity (Wildman–Crippen MR) is 129 cm³/mol. The summed E-state index contributed by atoms with van der Waals surface area (Å²) in [5, 5.41) is 8.76. The number of hydrogen-bond acceptors (Lipinski definition) is 6. The molecule has 33 heavy (non-hydrogen) atoms. The van der Waals surface area contributed by atoms with E-state index < -0.39 is 0 Å². The molecule has 2 aliphatic heterocycles. The van der Waals surface area contributed by atoms with Gasteiger partial charge in [-0.25, -0.2) is 4.98 Å². The van der Waals surface area contributed by atoms with Gasteiger partial charge in [0.2, 0.25) is 5.91 Å². The van der Waals surface area contributed by atoms with Crippen molar-refractivity contribution in [2.75, 3.05) is 49.1 Å². The molecule has 1 amide bonds. The van der Waals surface area contributed by atoms with Gasteiger partial charge < -0.3 is 14.7 Å². The van der Waals surface area contributed by atoms with Crippen LogP contribution in [-0.2, 0) is 4.79 Å². The van der Waals surface area contributed by atoms with Crippen LogP contribution in [0.3, 0.4) is 0 Å². The summed E-state index contributed by atoms with van der Waals surface area (Å²) in [4.78, 5) is 24.1. The Bertz CT molecular complexity index is 1090. The first kappa shape index (κ1) is 21.4. The maximum atomic E-state index is 13.3. The molecule has 0 bridgehead atoms. The number of carbonyl (C=O) groups excluding carboxylic acids is 1. The number of imidazole rings is 1. The summed E-state index contributed by atoms with van der Waals surface area (Å²) in [5.41, 5.74) is 3.87. The molecule has 2 aliphatic rings. The van der Waals surface area contributed by atoms with Gasteiger partial charge in [0, 0.05) is 57.3 Å². The fraction of sp³-hybridized carbons (Fsp3) is 0.440. The number of amides is 1. The Morgan fingerprint density at radius 3 is 2.45 bits per heavy atom. The van der Waals surface area contributed by atoms with Gasteiger partial charge in [0.25, 0.3) is 0 Å². The Morgan fingerprint density at radius 1 is 0.939 bits per heavy atom. The molecule has 0 unspecified atom stereocenters. The van der Waals surface area contributed by atoms with E-state index in [1.807, 2.05) is 22.9 Å². The first-order chi connectivity index (χ1) is 16.1. The summed E-state index contributed by atoms with van der Waals surface area (Å²) >= 11 is 0. The smallest absolute Gasteiger partial charge is 0.227 e. The lowest BCUT2D eigenvalue weighted by Crippen LogP contribution is -2.52. The molecule has 0 radical (unpaired) electrons. The molecule has 1 atom stereocenters. The largest absolute Gasteiger partial charge is 0.368 e. The van der Waals surface area contributed by atoms with Crippen molar-refractivity contribution in [3.63, 3.8) is 0 Å². The second-order valence-corrected chi connectivity index (χ2v) is 9.11. The molecular formula is C25H31N7O. The molecule has 172 valence electrons. The Hall–Kier alpha value is -3.42. The highest BCUT2D eigenvalue weighted by molar-refractivity contribution is 5.80. The van der Waals surface area contributed by atoms with E-state index >= 15 is 0 Å². The number of aryl methyl sites for hydroxylation is 2. The van der Waals surface area contributed by atoms with Crippen molar-refractivity contribution >= 4 is 17.4 Å². The number of piperidine rings is 1. The zero-order valence-electron chi connectivity index (χ0n) is 19.4. The lowest BCUT2D eigenvalue weighted by atomic mass is 9.96. The number of anilines is 2. The van der Waals surface area contributed by atoms with E-state index in [2.05, 4.69) is 61.9 Å². The monoisotopic (exact) mass is 445 g/mol. The fourth-order valence-electron chi connectivity index (χ4n) is 4.89. The first-order valence-corrected chi connectivity index (χ1v) is 11.8. The lowest BCUT2D eigenvalue weighted by molar-refractivity contribution is -0.136. The van der Waals surface area contributed by atoms with Crippen LogP contribution in [0.1, 0.15) is 24.0 Å². The van der Waals surface area contributed by atoms with Crippen LogP contribution < -0.4 is 9.80 Å². The van der Waals surface area contributed by atoms with E-state index in [9.17, 15) is 4.79 Å². The van der Waals surface area contributed by atoms with Gasteiger partial charge in [0.1, 0.15) is 6.33 Å². The molecule has 8 heteroatoms. The van der Waals surface area contributed by atoms with Crippen LogP contribution in [0.4, 0.5) is 11.5 Å². The van der Waals surface area contributed by atoms with Crippen molar-refractivity contribution in [2.45, 2.75) is 26.7 Å². The molecule has 0 aliphatic carbocycles. The predicted octanol–water partition coefficient (Wildman–Crippen LogP) is 2.84. The number of nitrogens with zero attached hydrogens (tertiary/aromatic N) is 7. The third-order valence-corrected chi connectivity index (χ3v) is 6.80. The SMILES string of the molecule is Cc1ccc(C)c(N2CCN(C(=O)[C@@H]3CCCN(c4ccc(-n5ccnc5)nn4)C3)CC2)c1. The zero-order chi connectivity index (χ0) is 22.8. The summed E-state index contributed by atoms with van der Waals surface area (Å²) in [5.74, 6) is 1.86. The second kappa shape index (κ2) is 9.21. The van der Waals surface area contributed by atoms with Gasteiger partial charge in [-0.05, 0) is 56.0 Å². The molecule has 5 rings (SSSR count). The van der Waals surface area contributed by atoms with Crippen molar-refractivity contribution in [1.29, 1.82) is 0 Å². The molecule has 1 aromatic carbocycles. The van der Waals surface area contributed by atoms with E-state index in [0.717, 1.165) is 57.2 Å².